The van der Waals surface area contributed by atoms with Crippen molar-refractivity contribution in [3.63, 3.8) is 0 Å². The molecule has 0 aliphatic rings. The number of amides is 1. The first-order chi connectivity index (χ1) is 8.74. The van der Waals surface area contributed by atoms with E-state index in [9.17, 15) is 9.18 Å². The normalized spacial score (nSPS) is 13.2. The minimum atomic E-state index is -0.417. The number of hydrogen-bond acceptors (Lipinski definition) is 2. The van der Waals surface area contributed by atoms with Crippen molar-refractivity contribution in [3.05, 3.63) is 35.1 Å². The number of aliphatic hydroxyl groups is 1. The molecule has 1 aromatic rings. The molecule has 0 aliphatic carbocycles. The number of carbonyl (C=O) groups is 1. The topological polar surface area (TPSA) is 49.3 Å². The van der Waals surface area contributed by atoms with Crippen molar-refractivity contribution in [2.24, 2.45) is 5.41 Å². The van der Waals surface area contributed by atoms with E-state index in [1.54, 1.807) is 13.0 Å². The zero-order valence-corrected chi connectivity index (χ0v) is 12.0. The van der Waals surface area contributed by atoms with Crippen LogP contribution in [-0.4, -0.2) is 23.7 Å². The molecule has 4 heteroatoms. The molecule has 0 radical (unpaired) electrons. The molecule has 1 amide bonds. The molecule has 0 fully saturated rings. The van der Waals surface area contributed by atoms with Gasteiger partial charge in [0, 0.05) is 18.2 Å². The van der Waals surface area contributed by atoms with E-state index in [-0.39, 0.29) is 24.0 Å². The van der Waals surface area contributed by atoms with Gasteiger partial charge in [-0.2, -0.15) is 0 Å². The molecule has 1 unspecified atom stereocenters. The van der Waals surface area contributed by atoms with Gasteiger partial charge in [-0.25, -0.2) is 4.39 Å². The van der Waals surface area contributed by atoms with Crippen molar-refractivity contribution in [1.82, 2.24) is 5.32 Å². The molecule has 1 aromatic carbocycles. The quantitative estimate of drug-likeness (QED) is 0.881. The Morgan fingerprint density at radius 2 is 2.00 bits per heavy atom. The van der Waals surface area contributed by atoms with Crippen molar-refractivity contribution in [3.8, 4) is 0 Å². The van der Waals surface area contributed by atoms with Crippen LogP contribution in [0.4, 0.5) is 4.39 Å². The molecule has 0 aromatic heterocycles. The molecular weight excluding hydrogens is 245 g/mol. The highest BCUT2D eigenvalue weighted by Gasteiger charge is 2.26. The van der Waals surface area contributed by atoms with Crippen molar-refractivity contribution >= 4 is 5.91 Å². The maximum atomic E-state index is 13.3. The smallest absolute Gasteiger partial charge is 0.251 e. The summed E-state index contributed by atoms with van der Waals surface area (Å²) in [7, 11) is 0. The van der Waals surface area contributed by atoms with Gasteiger partial charge >= 0.3 is 0 Å². The number of nitrogens with one attached hydrogen (secondary N) is 1. The number of hydrogen-bond donors (Lipinski definition) is 2. The Bertz CT molecular complexity index is 432. The minimum Gasteiger partial charge on any atom is -0.396 e. The summed E-state index contributed by atoms with van der Waals surface area (Å²) in [5.74, 6) is -0.726. The summed E-state index contributed by atoms with van der Waals surface area (Å²) in [5, 5.41) is 11.9. The number of benzene rings is 1. The lowest BCUT2D eigenvalue weighted by Gasteiger charge is -2.31. The number of rotatable bonds is 4. The molecule has 0 saturated carbocycles. The average molecular weight is 267 g/mol. The van der Waals surface area contributed by atoms with Crippen LogP contribution in [-0.2, 0) is 0 Å². The van der Waals surface area contributed by atoms with Crippen LogP contribution in [0.25, 0.3) is 0 Å². The second-order valence-electron chi connectivity index (χ2n) is 5.92. The van der Waals surface area contributed by atoms with Crippen LogP contribution in [0.5, 0.6) is 0 Å². The van der Waals surface area contributed by atoms with Crippen LogP contribution in [0.15, 0.2) is 18.2 Å². The van der Waals surface area contributed by atoms with Crippen LogP contribution in [0.2, 0.25) is 0 Å². The van der Waals surface area contributed by atoms with Crippen LogP contribution in [0.3, 0.4) is 0 Å². The molecule has 0 heterocycles. The van der Waals surface area contributed by atoms with Gasteiger partial charge in [-0.1, -0.05) is 20.8 Å². The van der Waals surface area contributed by atoms with Crippen LogP contribution in [0, 0.1) is 18.2 Å². The lowest BCUT2D eigenvalue weighted by Crippen LogP contribution is -2.44. The highest BCUT2D eigenvalue weighted by Crippen LogP contribution is 2.22. The summed E-state index contributed by atoms with van der Waals surface area (Å²) < 4.78 is 13.3. The summed E-state index contributed by atoms with van der Waals surface area (Å²) in [6, 6.07) is 4.10. The Morgan fingerprint density at radius 1 is 1.37 bits per heavy atom. The van der Waals surface area contributed by atoms with Crippen molar-refractivity contribution < 1.29 is 14.3 Å². The SMILES string of the molecule is Cc1cc(F)cc(C(=O)NC(CCO)C(C)(C)C)c1. The fourth-order valence-electron chi connectivity index (χ4n) is 1.96. The number of carbonyl (C=O) groups excluding carboxylic acids is 1. The van der Waals surface area contributed by atoms with E-state index in [0.29, 0.717) is 17.5 Å². The number of halogens is 1. The standard InChI is InChI=1S/C15H22FNO2/c1-10-7-11(9-12(16)8-10)14(19)17-13(5-6-18)15(2,3)4/h7-9,13,18H,5-6H2,1-4H3,(H,17,19). The van der Waals surface area contributed by atoms with Gasteiger partial charge < -0.3 is 10.4 Å². The molecule has 1 rings (SSSR count). The predicted octanol–water partition coefficient (Wildman–Crippen LogP) is 2.66. The second-order valence-corrected chi connectivity index (χ2v) is 5.92. The van der Waals surface area contributed by atoms with E-state index in [0.717, 1.165) is 0 Å². The first kappa shape index (κ1) is 15.6. The largest absolute Gasteiger partial charge is 0.396 e. The van der Waals surface area contributed by atoms with Gasteiger partial charge in [0.1, 0.15) is 5.82 Å². The lowest BCUT2D eigenvalue weighted by atomic mass is 9.84. The third-order valence-electron chi connectivity index (χ3n) is 3.07. The molecule has 106 valence electrons. The summed E-state index contributed by atoms with van der Waals surface area (Å²) >= 11 is 0. The average Bonchev–Trinajstić information content (AvgIpc) is 2.25. The van der Waals surface area contributed by atoms with E-state index in [1.165, 1.54) is 12.1 Å². The molecule has 0 spiro atoms. The predicted molar refractivity (Wildman–Crippen MR) is 73.5 cm³/mol. The van der Waals surface area contributed by atoms with Crippen LogP contribution in [0.1, 0.15) is 43.1 Å². The highest BCUT2D eigenvalue weighted by atomic mass is 19.1. The Kier molecular flexibility index (Phi) is 5.06. The number of aliphatic hydroxyl groups excluding tert-OH is 1. The van der Waals surface area contributed by atoms with E-state index in [1.807, 2.05) is 20.8 Å². The Balaban J connectivity index is 2.87. The van der Waals surface area contributed by atoms with Crippen molar-refractivity contribution in [1.29, 1.82) is 0 Å². The maximum Gasteiger partial charge on any atom is 0.251 e. The van der Waals surface area contributed by atoms with Gasteiger partial charge in [-0.15, -0.1) is 0 Å². The van der Waals surface area contributed by atoms with Gasteiger partial charge in [0.2, 0.25) is 0 Å². The van der Waals surface area contributed by atoms with Gasteiger partial charge in [-0.05, 0) is 42.5 Å². The molecule has 0 aliphatic heterocycles. The highest BCUT2D eigenvalue weighted by molar-refractivity contribution is 5.94. The third-order valence-corrected chi connectivity index (χ3v) is 3.07. The van der Waals surface area contributed by atoms with Gasteiger partial charge in [0.25, 0.3) is 5.91 Å². The van der Waals surface area contributed by atoms with E-state index in [4.69, 9.17) is 5.11 Å². The minimum absolute atomic E-state index is 0.00436. The van der Waals surface area contributed by atoms with Gasteiger partial charge in [0.05, 0.1) is 0 Å². The van der Waals surface area contributed by atoms with Crippen LogP contribution >= 0.6 is 0 Å². The molecular formula is C15H22FNO2. The van der Waals surface area contributed by atoms with Crippen molar-refractivity contribution in [2.75, 3.05) is 6.61 Å². The van der Waals surface area contributed by atoms with E-state index in [2.05, 4.69) is 5.32 Å². The Hall–Kier alpha value is -1.42. The molecule has 0 bridgehead atoms. The fourth-order valence-corrected chi connectivity index (χ4v) is 1.96. The maximum absolute atomic E-state index is 13.3. The molecule has 1 atom stereocenters. The Morgan fingerprint density at radius 3 is 2.47 bits per heavy atom. The fraction of sp³-hybridized carbons (Fsp3) is 0.533. The first-order valence-electron chi connectivity index (χ1n) is 6.43. The molecule has 2 N–H and O–H groups in total. The Labute approximate surface area is 113 Å². The third kappa shape index (κ3) is 4.63. The van der Waals surface area contributed by atoms with E-state index >= 15 is 0 Å². The van der Waals surface area contributed by atoms with Crippen molar-refractivity contribution in [2.45, 2.75) is 40.2 Å². The van der Waals surface area contributed by atoms with Crippen LogP contribution < -0.4 is 5.32 Å². The first-order valence-corrected chi connectivity index (χ1v) is 6.43. The zero-order valence-electron chi connectivity index (χ0n) is 12.0. The van der Waals surface area contributed by atoms with Gasteiger partial charge in [-0.3, -0.25) is 4.79 Å². The van der Waals surface area contributed by atoms with Gasteiger partial charge in [0.15, 0.2) is 0 Å². The molecule has 19 heavy (non-hydrogen) atoms. The summed E-state index contributed by atoms with van der Waals surface area (Å²) in [6.45, 7) is 7.72. The second kappa shape index (κ2) is 6.15. The van der Waals surface area contributed by atoms with E-state index < -0.39 is 5.82 Å². The summed E-state index contributed by atoms with van der Waals surface area (Å²) in [6.07, 6.45) is 0.476. The number of aryl methyl sites for hydroxylation is 1. The summed E-state index contributed by atoms with van der Waals surface area (Å²) in [4.78, 5) is 12.1. The zero-order chi connectivity index (χ0) is 14.6. The monoisotopic (exact) mass is 267 g/mol. The lowest BCUT2D eigenvalue weighted by molar-refractivity contribution is 0.0884. The summed E-state index contributed by atoms with van der Waals surface area (Å²) in [5.41, 5.74) is 0.852. The molecule has 0 saturated heterocycles. The molecule has 3 nitrogen and oxygen atoms in total.